The molecule has 0 saturated carbocycles. The Morgan fingerprint density at radius 2 is 1.93 bits per heavy atom. The zero-order chi connectivity index (χ0) is 18.8. The number of nitrogens with one attached hydrogen (secondary N) is 1. The van der Waals surface area contributed by atoms with Gasteiger partial charge >= 0.3 is 5.63 Å². The topological polar surface area (TPSA) is 87.0 Å². The molecular formula is C20H17NO6. The molecule has 2 aromatic carbocycles. The monoisotopic (exact) mass is 367 g/mol. The molecule has 7 heteroatoms. The van der Waals surface area contributed by atoms with Crippen molar-refractivity contribution in [3.05, 3.63) is 64.5 Å². The van der Waals surface area contributed by atoms with Crippen LogP contribution < -0.4 is 25.2 Å². The highest BCUT2D eigenvalue weighted by Crippen LogP contribution is 2.34. The van der Waals surface area contributed by atoms with Gasteiger partial charge in [0.05, 0.1) is 6.04 Å². The SMILES string of the molecule is C[C@H](NC(=O)COc1ccc2ccc(=O)oc2c1)c1ccc2c(c1)OCO2. The van der Waals surface area contributed by atoms with Gasteiger partial charge < -0.3 is 23.9 Å². The Balaban J connectivity index is 1.37. The number of benzene rings is 2. The lowest BCUT2D eigenvalue weighted by atomic mass is 10.1. The van der Waals surface area contributed by atoms with Crippen molar-refractivity contribution >= 4 is 16.9 Å². The molecule has 27 heavy (non-hydrogen) atoms. The van der Waals surface area contributed by atoms with Gasteiger partial charge in [0.1, 0.15) is 11.3 Å². The van der Waals surface area contributed by atoms with Crippen molar-refractivity contribution in [3.8, 4) is 17.2 Å². The lowest BCUT2D eigenvalue weighted by Crippen LogP contribution is -2.31. The Morgan fingerprint density at radius 3 is 2.81 bits per heavy atom. The summed E-state index contributed by atoms with van der Waals surface area (Å²) in [5.41, 5.74) is 0.879. The average Bonchev–Trinajstić information content (AvgIpc) is 3.13. The Labute approximate surface area is 154 Å². The molecule has 0 radical (unpaired) electrons. The lowest BCUT2D eigenvalue weighted by Gasteiger charge is -2.15. The molecule has 1 amide bonds. The van der Waals surface area contributed by atoms with Crippen LogP contribution in [0.5, 0.6) is 17.2 Å². The second-order valence-electron chi connectivity index (χ2n) is 6.14. The van der Waals surface area contributed by atoms with E-state index in [1.54, 1.807) is 24.3 Å². The Hall–Kier alpha value is -3.48. The Morgan fingerprint density at radius 1 is 1.11 bits per heavy atom. The zero-order valence-corrected chi connectivity index (χ0v) is 14.6. The van der Waals surface area contributed by atoms with Gasteiger partial charge in [0.15, 0.2) is 18.1 Å². The van der Waals surface area contributed by atoms with Crippen LogP contribution in [0.3, 0.4) is 0 Å². The molecule has 0 saturated heterocycles. The van der Waals surface area contributed by atoms with Crippen LogP contribution in [0, 0.1) is 0 Å². The fraction of sp³-hybridized carbons (Fsp3) is 0.200. The van der Waals surface area contributed by atoms with Gasteiger partial charge in [0.25, 0.3) is 5.91 Å². The van der Waals surface area contributed by atoms with E-state index >= 15 is 0 Å². The molecule has 1 N–H and O–H groups in total. The van der Waals surface area contributed by atoms with Gasteiger partial charge in [-0.2, -0.15) is 0 Å². The fourth-order valence-electron chi connectivity index (χ4n) is 2.83. The van der Waals surface area contributed by atoms with E-state index in [-0.39, 0.29) is 25.3 Å². The maximum atomic E-state index is 12.2. The number of amides is 1. The van der Waals surface area contributed by atoms with Gasteiger partial charge in [0, 0.05) is 17.5 Å². The number of carbonyl (C=O) groups is 1. The fourth-order valence-corrected chi connectivity index (χ4v) is 2.83. The molecule has 138 valence electrons. The molecule has 7 nitrogen and oxygen atoms in total. The predicted octanol–water partition coefficient (Wildman–Crippen LogP) is 2.78. The Kier molecular flexibility index (Phi) is 4.42. The second kappa shape index (κ2) is 7.03. The average molecular weight is 367 g/mol. The third-order valence-corrected chi connectivity index (χ3v) is 4.24. The maximum absolute atomic E-state index is 12.2. The third-order valence-electron chi connectivity index (χ3n) is 4.24. The quantitative estimate of drug-likeness (QED) is 0.698. The molecule has 4 rings (SSSR count). The molecule has 0 unspecified atom stereocenters. The van der Waals surface area contributed by atoms with Crippen LogP contribution in [0.15, 0.2) is 57.7 Å². The summed E-state index contributed by atoms with van der Waals surface area (Å²) in [6.45, 7) is 1.93. The van der Waals surface area contributed by atoms with Gasteiger partial charge in [-0.15, -0.1) is 0 Å². The van der Waals surface area contributed by atoms with E-state index in [0.29, 0.717) is 22.8 Å². The smallest absolute Gasteiger partial charge is 0.336 e. The van der Waals surface area contributed by atoms with Crippen LogP contribution in [-0.2, 0) is 4.79 Å². The molecule has 1 atom stereocenters. The van der Waals surface area contributed by atoms with E-state index < -0.39 is 5.63 Å². The highest BCUT2D eigenvalue weighted by molar-refractivity contribution is 5.79. The normalized spacial score (nSPS) is 13.4. The highest BCUT2D eigenvalue weighted by Gasteiger charge is 2.17. The summed E-state index contributed by atoms with van der Waals surface area (Å²) in [7, 11) is 0. The van der Waals surface area contributed by atoms with Crippen molar-refractivity contribution in [3.63, 3.8) is 0 Å². The molecule has 1 aliphatic rings. The van der Waals surface area contributed by atoms with Crippen molar-refractivity contribution in [1.82, 2.24) is 5.32 Å². The number of hydrogen-bond donors (Lipinski definition) is 1. The van der Waals surface area contributed by atoms with E-state index in [9.17, 15) is 9.59 Å². The van der Waals surface area contributed by atoms with Gasteiger partial charge in [-0.05, 0) is 42.8 Å². The zero-order valence-electron chi connectivity index (χ0n) is 14.6. The van der Waals surface area contributed by atoms with Crippen molar-refractivity contribution in [2.75, 3.05) is 13.4 Å². The molecule has 0 spiro atoms. The van der Waals surface area contributed by atoms with E-state index in [1.165, 1.54) is 6.07 Å². The minimum absolute atomic E-state index is 0.155. The van der Waals surface area contributed by atoms with Crippen molar-refractivity contribution in [2.45, 2.75) is 13.0 Å². The molecular weight excluding hydrogens is 350 g/mol. The number of rotatable bonds is 5. The van der Waals surface area contributed by atoms with Crippen LogP contribution in [0.25, 0.3) is 11.0 Å². The first-order valence-electron chi connectivity index (χ1n) is 8.44. The second-order valence-corrected chi connectivity index (χ2v) is 6.14. The van der Waals surface area contributed by atoms with Crippen molar-refractivity contribution < 1.29 is 23.4 Å². The Bertz CT molecular complexity index is 1060. The third kappa shape index (κ3) is 3.72. The molecule has 1 aliphatic heterocycles. The van der Waals surface area contributed by atoms with E-state index in [1.807, 2.05) is 25.1 Å². The first-order chi connectivity index (χ1) is 13.1. The van der Waals surface area contributed by atoms with Gasteiger partial charge in [-0.3, -0.25) is 4.79 Å². The van der Waals surface area contributed by atoms with Gasteiger partial charge in [-0.1, -0.05) is 6.07 Å². The number of ether oxygens (including phenoxy) is 3. The number of hydrogen-bond acceptors (Lipinski definition) is 6. The summed E-state index contributed by atoms with van der Waals surface area (Å²) < 4.78 is 21.3. The van der Waals surface area contributed by atoms with Gasteiger partial charge in [0.2, 0.25) is 6.79 Å². The maximum Gasteiger partial charge on any atom is 0.336 e. The minimum Gasteiger partial charge on any atom is -0.484 e. The molecule has 0 fully saturated rings. The largest absolute Gasteiger partial charge is 0.484 e. The van der Waals surface area contributed by atoms with Crippen molar-refractivity contribution in [2.24, 2.45) is 0 Å². The molecule has 0 bridgehead atoms. The first-order valence-corrected chi connectivity index (χ1v) is 8.44. The van der Waals surface area contributed by atoms with Crippen molar-refractivity contribution in [1.29, 1.82) is 0 Å². The summed E-state index contributed by atoms with van der Waals surface area (Å²) in [6.07, 6.45) is 0. The summed E-state index contributed by atoms with van der Waals surface area (Å²) in [4.78, 5) is 23.5. The van der Waals surface area contributed by atoms with E-state index in [4.69, 9.17) is 18.6 Å². The van der Waals surface area contributed by atoms with E-state index in [0.717, 1.165) is 10.9 Å². The van der Waals surface area contributed by atoms with E-state index in [2.05, 4.69) is 5.32 Å². The standard InChI is InChI=1S/C20H17NO6/c1-12(14-3-6-16-18(8-14)26-11-25-16)21-19(22)10-24-15-5-2-13-4-7-20(23)27-17(13)9-15/h2-9,12H,10-11H2,1H3,(H,21,22)/t12-/m0/s1. The molecule has 3 aromatic rings. The lowest BCUT2D eigenvalue weighted by molar-refractivity contribution is -0.123. The summed E-state index contributed by atoms with van der Waals surface area (Å²) >= 11 is 0. The summed E-state index contributed by atoms with van der Waals surface area (Å²) in [5, 5.41) is 3.65. The van der Waals surface area contributed by atoms with Crippen LogP contribution in [0.4, 0.5) is 0 Å². The highest BCUT2D eigenvalue weighted by atomic mass is 16.7. The molecule has 2 heterocycles. The number of fused-ring (bicyclic) bond motifs is 2. The van der Waals surface area contributed by atoms with Crippen LogP contribution in [-0.4, -0.2) is 19.3 Å². The summed E-state index contributed by atoms with van der Waals surface area (Å²) in [6, 6.07) is 13.4. The molecule has 1 aromatic heterocycles. The predicted molar refractivity (Wildman–Crippen MR) is 97.1 cm³/mol. The van der Waals surface area contributed by atoms with Crippen LogP contribution in [0.1, 0.15) is 18.5 Å². The summed E-state index contributed by atoms with van der Waals surface area (Å²) in [5.74, 6) is 1.54. The van der Waals surface area contributed by atoms with Crippen LogP contribution >= 0.6 is 0 Å². The minimum atomic E-state index is -0.435. The van der Waals surface area contributed by atoms with Gasteiger partial charge in [-0.25, -0.2) is 4.79 Å². The van der Waals surface area contributed by atoms with Crippen LogP contribution in [0.2, 0.25) is 0 Å². The molecule has 0 aliphatic carbocycles. The first kappa shape index (κ1) is 17.0. The number of carbonyl (C=O) groups excluding carboxylic acids is 1.